The first-order valence-electron chi connectivity index (χ1n) is 1.95. The molecule has 0 aliphatic heterocycles. The van der Waals surface area contributed by atoms with Gasteiger partial charge in [-0.05, 0) is 6.92 Å². The third kappa shape index (κ3) is 3.14. The minimum absolute atomic E-state index is 0.287. The van der Waals surface area contributed by atoms with Crippen LogP contribution in [0.4, 0.5) is 0 Å². The summed E-state index contributed by atoms with van der Waals surface area (Å²) in [6.45, 7) is 1.72. The second-order valence-corrected chi connectivity index (χ2v) is 1.04. The monoisotopic (exact) mass is 100 g/mol. The van der Waals surface area contributed by atoms with Crippen LogP contribution in [0.1, 0.15) is 6.92 Å². The summed E-state index contributed by atoms with van der Waals surface area (Å²) in [7, 11) is 1.53. The van der Waals surface area contributed by atoms with E-state index in [1.165, 1.54) is 7.11 Å². The molecule has 0 aromatic rings. The Hall–Kier alpha value is -0.680. The van der Waals surface area contributed by atoms with Crippen LogP contribution < -0.4 is 0 Å². The van der Waals surface area contributed by atoms with Crippen molar-refractivity contribution in [2.24, 2.45) is 0 Å². The highest BCUT2D eigenvalue weighted by Crippen LogP contribution is 1.85. The Morgan fingerprint density at radius 1 is 1.71 bits per heavy atom. The molecule has 0 amide bonds. The van der Waals surface area contributed by atoms with Gasteiger partial charge in [-0.2, -0.15) is 0 Å². The predicted octanol–water partition coefficient (Wildman–Crippen LogP) is 0.586. The van der Waals surface area contributed by atoms with Crippen LogP contribution in [0.2, 0.25) is 0 Å². The van der Waals surface area contributed by atoms with Crippen LogP contribution >= 0.6 is 0 Å². The fourth-order valence-electron chi connectivity index (χ4n) is 0.144. The van der Waals surface area contributed by atoms with E-state index in [2.05, 4.69) is 9.47 Å². The Morgan fingerprint density at radius 2 is 2.29 bits per heavy atom. The van der Waals surface area contributed by atoms with Gasteiger partial charge in [0.05, 0.1) is 0 Å². The Balaban J connectivity index is 3.03. The number of ether oxygens (including phenoxy) is 2. The van der Waals surface area contributed by atoms with Crippen molar-refractivity contribution in [2.75, 3.05) is 7.11 Å². The summed E-state index contributed by atoms with van der Waals surface area (Å²) in [6.07, 6.45) is 6.46. The molecule has 0 fully saturated rings. The maximum Gasteiger partial charge on any atom is 0.207 e. The first-order valence-corrected chi connectivity index (χ1v) is 1.95. The summed E-state index contributed by atoms with van der Waals surface area (Å²) in [6, 6.07) is 0. The summed E-state index contributed by atoms with van der Waals surface area (Å²) in [4.78, 5) is 0. The molecule has 0 aliphatic rings. The number of methoxy groups -OCH3 is 1. The van der Waals surface area contributed by atoms with E-state index in [9.17, 15) is 0 Å². The van der Waals surface area contributed by atoms with Crippen molar-refractivity contribution in [3.05, 3.63) is 0 Å². The highest BCUT2D eigenvalue weighted by atomic mass is 16.7. The summed E-state index contributed by atoms with van der Waals surface area (Å²) in [5.74, 6) is 0. The summed E-state index contributed by atoms with van der Waals surface area (Å²) < 4.78 is 9.12. The molecule has 40 valence electrons. The molecule has 0 heterocycles. The molecule has 0 aromatic carbocycles. The third-order valence-corrected chi connectivity index (χ3v) is 0.566. The lowest BCUT2D eigenvalue weighted by atomic mass is 10.8. The normalized spacial score (nSPS) is 12.1. The smallest absolute Gasteiger partial charge is 0.207 e. The van der Waals surface area contributed by atoms with Gasteiger partial charge in [-0.1, -0.05) is 6.42 Å². The van der Waals surface area contributed by atoms with E-state index in [1.54, 1.807) is 6.92 Å². The Kier molecular flexibility index (Phi) is 3.17. The number of hydrogen-bond acceptors (Lipinski definition) is 2. The Bertz CT molecular complexity index is 72.6. The minimum atomic E-state index is -0.287. The van der Waals surface area contributed by atoms with Crippen molar-refractivity contribution < 1.29 is 9.47 Å². The third-order valence-electron chi connectivity index (χ3n) is 0.566. The van der Waals surface area contributed by atoms with Crippen molar-refractivity contribution in [3.63, 3.8) is 0 Å². The van der Waals surface area contributed by atoms with Crippen molar-refractivity contribution >= 4 is 0 Å². The number of hydrogen-bond donors (Lipinski definition) is 0. The number of terminal acetylenes is 1. The Labute approximate surface area is 43.4 Å². The topological polar surface area (TPSA) is 18.5 Å². The molecule has 1 unspecified atom stereocenters. The molecular formula is C5H8O2. The quantitative estimate of drug-likeness (QED) is 0.373. The molecule has 2 nitrogen and oxygen atoms in total. The van der Waals surface area contributed by atoms with Crippen LogP contribution in [0.15, 0.2) is 0 Å². The van der Waals surface area contributed by atoms with Gasteiger partial charge in [0.25, 0.3) is 0 Å². The van der Waals surface area contributed by atoms with Gasteiger partial charge in [0.15, 0.2) is 0 Å². The summed E-state index contributed by atoms with van der Waals surface area (Å²) >= 11 is 0. The highest BCUT2D eigenvalue weighted by Gasteiger charge is 1.91. The molecule has 0 saturated carbocycles. The van der Waals surface area contributed by atoms with Gasteiger partial charge in [0, 0.05) is 7.11 Å². The van der Waals surface area contributed by atoms with E-state index in [0.717, 1.165) is 0 Å². The lowest BCUT2D eigenvalue weighted by Gasteiger charge is -2.03. The SMILES string of the molecule is C#COC(C)OC. The van der Waals surface area contributed by atoms with Gasteiger partial charge in [-0.15, -0.1) is 0 Å². The minimum Gasteiger partial charge on any atom is -0.415 e. The molecule has 1 atom stereocenters. The first kappa shape index (κ1) is 6.32. The van der Waals surface area contributed by atoms with Crippen LogP contribution in [-0.2, 0) is 9.47 Å². The van der Waals surface area contributed by atoms with Gasteiger partial charge in [0.1, 0.15) is 6.11 Å². The van der Waals surface area contributed by atoms with Gasteiger partial charge < -0.3 is 9.47 Å². The van der Waals surface area contributed by atoms with Crippen LogP contribution in [0.5, 0.6) is 0 Å². The Morgan fingerprint density at radius 3 is 2.43 bits per heavy atom. The zero-order chi connectivity index (χ0) is 5.70. The molecular weight excluding hydrogens is 92.1 g/mol. The molecule has 0 bridgehead atoms. The van der Waals surface area contributed by atoms with E-state index in [0.29, 0.717) is 0 Å². The van der Waals surface area contributed by atoms with Crippen LogP contribution in [0.3, 0.4) is 0 Å². The van der Waals surface area contributed by atoms with Gasteiger partial charge >= 0.3 is 0 Å². The molecule has 2 heteroatoms. The standard InChI is InChI=1S/C5H8O2/c1-4-7-5(2)6-3/h1,5H,2-3H3. The largest absolute Gasteiger partial charge is 0.415 e. The lowest BCUT2D eigenvalue weighted by molar-refractivity contribution is -0.0577. The molecule has 7 heavy (non-hydrogen) atoms. The highest BCUT2D eigenvalue weighted by molar-refractivity contribution is 4.68. The van der Waals surface area contributed by atoms with E-state index >= 15 is 0 Å². The zero-order valence-corrected chi connectivity index (χ0v) is 4.47. The zero-order valence-electron chi connectivity index (χ0n) is 4.47. The average molecular weight is 100 g/mol. The first-order chi connectivity index (χ1) is 3.31. The van der Waals surface area contributed by atoms with E-state index in [1.807, 2.05) is 6.11 Å². The van der Waals surface area contributed by atoms with Crippen LogP contribution in [0, 0.1) is 12.5 Å². The molecule has 0 saturated heterocycles. The summed E-state index contributed by atoms with van der Waals surface area (Å²) in [5.41, 5.74) is 0. The molecule has 0 spiro atoms. The van der Waals surface area contributed by atoms with Crippen molar-refractivity contribution in [3.8, 4) is 12.5 Å². The molecule has 0 radical (unpaired) electrons. The number of rotatable bonds is 2. The van der Waals surface area contributed by atoms with E-state index in [-0.39, 0.29) is 6.29 Å². The van der Waals surface area contributed by atoms with E-state index < -0.39 is 0 Å². The van der Waals surface area contributed by atoms with Crippen molar-refractivity contribution in [1.29, 1.82) is 0 Å². The fourth-order valence-corrected chi connectivity index (χ4v) is 0.144. The predicted molar refractivity (Wildman–Crippen MR) is 26.4 cm³/mol. The molecule has 0 rings (SSSR count). The maximum absolute atomic E-state index is 4.75. The molecule has 0 aromatic heterocycles. The summed E-state index contributed by atoms with van der Waals surface area (Å²) in [5, 5.41) is 0. The lowest BCUT2D eigenvalue weighted by Crippen LogP contribution is -2.05. The van der Waals surface area contributed by atoms with Gasteiger partial charge in [-0.3, -0.25) is 0 Å². The molecule has 0 aliphatic carbocycles. The van der Waals surface area contributed by atoms with Crippen molar-refractivity contribution in [1.82, 2.24) is 0 Å². The van der Waals surface area contributed by atoms with Gasteiger partial charge in [-0.25, -0.2) is 0 Å². The fraction of sp³-hybridized carbons (Fsp3) is 0.600. The van der Waals surface area contributed by atoms with E-state index in [4.69, 9.17) is 6.42 Å². The van der Waals surface area contributed by atoms with Crippen LogP contribution in [-0.4, -0.2) is 13.4 Å². The average Bonchev–Trinajstić information content (AvgIpc) is 1.68. The second kappa shape index (κ2) is 3.51. The van der Waals surface area contributed by atoms with Gasteiger partial charge in [0.2, 0.25) is 6.29 Å². The second-order valence-electron chi connectivity index (χ2n) is 1.04. The molecule has 0 N–H and O–H groups in total. The maximum atomic E-state index is 4.75. The van der Waals surface area contributed by atoms with Crippen molar-refractivity contribution in [2.45, 2.75) is 13.2 Å². The van der Waals surface area contributed by atoms with Crippen LogP contribution in [0.25, 0.3) is 0 Å².